The quantitative estimate of drug-likeness (QED) is 0.651. The van der Waals surface area contributed by atoms with Crippen LogP contribution in [-0.2, 0) is 9.53 Å². The zero-order valence-corrected chi connectivity index (χ0v) is 10.3. The molecule has 6 heteroatoms. The van der Waals surface area contributed by atoms with Crippen molar-refractivity contribution in [3.05, 3.63) is 28.8 Å². The molecule has 0 radical (unpaired) electrons. The smallest absolute Gasteiger partial charge is 0.325 e. The van der Waals surface area contributed by atoms with Crippen LogP contribution < -0.4 is 5.73 Å². The number of carbonyl (C=O) groups is 2. The second-order valence-corrected chi connectivity index (χ2v) is 3.85. The molecule has 0 saturated heterocycles. The van der Waals surface area contributed by atoms with Gasteiger partial charge in [-0.2, -0.15) is 0 Å². The molecule has 0 atom stereocenters. The Morgan fingerprint density at radius 2 is 2.12 bits per heavy atom. The summed E-state index contributed by atoms with van der Waals surface area (Å²) in [6, 6.07) is 4.79. The minimum absolute atomic E-state index is 0.153. The van der Waals surface area contributed by atoms with Crippen molar-refractivity contribution in [2.24, 2.45) is 0 Å². The van der Waals surface area contributed by atoms with Gasteiger partial charge in [0.05, 0.1) is 17.7 Å². The number of amides is 1. The SMILES string of the molecule is COC(=O)CN(C)C(=O)c1c(N)cccc1Cl. The van der Waals surface area contributed by atoms with Gasteiger partial charge in [-0.15, -0.1) is 0 Å². The number of benzene rings is 1. The van der Waals surface area contributed by atoms with E-state index in [0.717, 1.165) is 0 Å². The number of nitrogens with zero attached hydrogens (tertiary/aromatic N) is 1. The first-order valence-electron chi connectivity index (χ1n) is 4.83. The lowest BCUT2D eigenvalue weighted by Crippen LogP contribution is -2.33. The fourth-order valence-electron chi connectivity index (χ4n) is 1.29. The molecule has 0 aliphatic carbocycles. The number of carbonyl (C=O) groups excluding carboxylic acids is 2. The monoisotopic (exact) mass is 256 g/mol. The third kappa shape index (κ3) is 3.10. The van der Waals surface area contributed by atoms with E-state index in [4.69, 9.17) is 17.3 Å². The fraction of sp³-hybridized carbons (Fsp3) is 0.273. The lowest BCUT2D eigenvalue weighted by molar-refractivity contribution is -0.141. The minimum Gasteiger partial charge on any atom is -0.468 e. The van der Waals surface area contributed by atoms with Gasteiger partial charge < -0.3 is 15.4 Å². The maximum absolute atomic E-state index is 12.0. The predicted octanol–water partition coefficient (Wildman–Crippen LogP) is 1.17. The van der Waals surface area contributed by atoms with Gasteiger partial charge in [0, 0.05) is 12.7 Å². The minimum atomic E-state index is -0.508. The molecule has 1 amide bonds. The van der Waals surface area contributed by atoms with E-state index in [1.165, 1.54) is 19.1 Å². The first kappa shape index (κ1) is 13.3. The third-order valence-corrected chi connectivity index (χ3v) is 2.52. The number of anilines is 1. The van der Waals surface area contributed by atoms with E-state index in [1.807, 2.05) is 0 Å². The van der Waals surface area contributed by atoms with Crippen molar-refractivity contribution < 1.29 is 14.3 Å². The van der Waals surface area contributed by atoms with Crippen LogP contribution >= 0.6 is 11.6 Å². The number of ether oxygens (including phenoxy) is 1. The summed E-state index contributed by atoms with van der Waals surface area (Å²) in [4.78, 5) is 24.2. The van der Waals surface area contributed by atoms with Crippen molar-refractivity contribution in [3.63, 3.8) is 0 Å². The molecule has 0 saturated carbocycles. The number of methoxy groups -OCH3 is 1. The lowest BCUT2D eigenvalue weighted by Gasteiger charge is -2.17. The Bertz CT molecular complexity index is 428. The van der Waals surface area contributed by atoms with Gasteiger partial charge in [-0.25, -0.2) is 0 Å². The maximum atomic E-state index is 12.0. The molecule has 0 aliphatic rings. The summed E-state index contributed by atoms with van der Waals surface area (Å²) >= 11 is 5.90. The number of hydrogen-bond donors (Lipinski definition) is 1. The van der Waals surface area contributed by atoms with Crippen molar-refractivity contribution >= 4 is 29.2 Å². The molecule has 0 heterocycles. The lowest BCUT2D eigenvalue weighted by atomic mass is 10.1. The molecular weight excluding hydrogens is 244 g/mol. The summed E-state index contributed by atoms with van der Waals surface area (Å²) in [6.45, 7) is -0.153. The summed E-state index contributed by atoms with van der Waals surface area (Å²) < 4.78 is 4.47. The van der Waals surface area contributed by atoms with Gasteiger partial charge in [0.15, 0.2) is 0 Å². The Kier molecular flexibility index (Phi) is 4.34. The molecular formula is C11H13ClN2O3. The van der Waals surface area contributed by atoms with Gasteiger partial charge in [0.25, 0.3) is 5.91 Å². The maximum Gasteiger partial charge on any atom is 0.325 e. The van der Waals surface area contributed by atoms with Crippen LogP contribution in [0.2, 0.25) is 5.02 Å². The Morgan fingerprint density at radius 3 is 2.65 bits per heavy atom. The Balaban J connectivity index is 2.93. The Labute approximate surface area is 104 Å². The zero-order valence-electron chi connectivity index (χ0n) is 9.57. The third-order valence-electron chi connectivity index (χ3n) is 2.20. The van der Waals surface area contributed by atoms with E-state index in [1.54, 1.807) is 18.2 Å². The first-order valence-corrected chi connectivity index (χ1v) is 5.21. The zero-order chi connectivity index (χ0) is 13.0. The van der Waals surface area contributed by atoms with E-state index in [2.05, 4.69) is 4.74 Å². The van der Waals surface area contributed by atoms with Crippen molar-refractivity contribution in [1.29, 1.82) is 0 Å². The van der Waals surface area contributed by atoms with E-state index >= 15 is 0 Å². The number of nitrogens with two attached hydrogens (primary N) is 1. The summed E-state index contributed by atoms with van der Waals surface area (Å²) in [7, 11) is 2.73. The van der Waals surface area contributed by atoms with Gasteiger partial charge in [0.2, 0.25) is 0 Å². The summed E-state index contributed by atoms with van der Waals surface area (Å²) in [5, 5.41) is 0.256. The van der Waals surface area contributed by atoms with Crippen molar-refractivity contribution in [2.45, 2.75) is 0 Å². The van der Waals surface area contributed by atoms with E-state index in [-0.39, 0.29) is 22.8 Å². The number of halogens is 1. The van der Waals surface area contributed by atoms with Crippen LogP contribution in [0.4, 0.5) is 5.69 Å². The summed E-state index contributed by atoms with van der Waals surface area (Å²) in [5.41, 5.74) is 6.15. The van der Waals surface area contributed by atoms with Gasteiger partial charge in [-0.05, 0) is 12.1 Å². The molecule has 1 aromatic rings. The topological polar surface area (TPSA) is 72.6 Å². The average molecular weight is 257 g/mol. The van der Waals surface area contributed by atoms with Crippen molar-refractivity contribution in [3.8, 4) is 0 Å². The number of likely N-dealkylation sites (N-methyl/N-ethyl adjacent to an activating group) is 1. The molecule has 5 nitrogen and oxygen atoms in total. The Morgan fingerprint density at radius 1 is 1.47 bits per heavy atom. The highest BCUT2D eigenvalue weighted by atomic mass is 35.5. The molecule has 1 rings (SSSR count). The average Bonchev–Trinajstić information content (AvgIpc) is 2.28. The molecule has 0 aromatic heterocycles. The van der Waals surface area contributed by atoms with Gasteiger partial charge in [-0.1, -0.05) is 17.7 Å². The number of hydrogen-bond acceptors (Lipinski definition) is 4. The van der Waals surface area contributed by atoms with Gasteiger partial charge in [0.1, 0.15) is 6.54 Å². The second-order valence-electron chi connectivity index (χ2n) is 3.44. The van der Waals surface area contributed by atoms with E-state index in [9.17, 15) is 9.59 Å². The van der Waals surface area contributed by atoms with Crippen LogP contribution in [0.15, 0.2) is 18.2 Å². The number of esters is 1. The van der Waals surface area contributed by atoms with Crippen LogP contribution in [0.1, 0.15) is 10.4 Å². The van der Waals surface area contributed by atoms with Gasteiger partial charge in [-0.3, -0.25) is 9.59 Å². The molecule has 92 valence electrons. The highest BCUT2D eigenvalue weighted by molar-refractivity contribution is 6.34. The second kappa shape index (κ2) is 5.54. The Hall–Kier alpha value is -1.75. The van der Waals surface area contributed by atoms with Crippen LogP contribution in [0, 0.1) is 0 Å². The van der Waals surface area contributed by atoms with Crippen molar-refractivity contribution in [2.75, 3.05) is 26.4 Å². The van der Waals surface area contributed by atoms with Crippen LogP contribution in [0.25, 0.3) is 0 Å². The molecule has 0 unspecified atom stereocenters. The molecule has 0 bridgehead atoms. The first-order chi connectivity index (χ1) is 7.97. The molecule has 0 fully saturated rings. The standard InChI is InChI=1S/C11H13ClN2O3/c1-14(6-9(15)17-2)11(16)10-7(12)4-3-5-8(10)13/h3-5H,6,13H2,1-2H3. The normalized spacial score (nSPS) is 9.82. The van der Waals surface area contributed by atoms with Gasteiger partial charge >= 0.3 is 5.97 Å². The highest BCUT2D eigenvalue weighted by Gasteiger charge is 2.19. The predicted molar refractivity (Wildman–Crippen MR) is 64.8 cm³/mol. The molecule has 17 heavy (non-hydrogen) atoms. The summed E-state index contributed by atoms with van der Waals surface area (Å²) in [6.07, 6.45) is 0. The highest BCUT2D eigenvalue weighted by Crippen LogP contribution is 2.23. The van der Waals surface area contributed by atoms with Crippen LogP contribution in [0.3, 0.4) is 0 Å². The number of nitrogen functional groups attached to an aromatic ring is 1. The van der Waals surface area contributed by atoms with E-state index < -0.39 is 11.9 Å². The molecule has 1 aromatic carbocycles. The van der Waals surface area contributed by atoms with E-state index in [0.29, 0.717) is 0 Å². The molecule has 0 spiro atoms. The van der Waals surface area contributed by atoms with Crippen molar-refractivity contribution in [1.82, 2.24) is 4.90 Å². The number of rotatable bonds is 3. The fourth-order valence-corrected chi connectivity index (χ4v) is 1.55. The van der Waals surface area contributed by atoms with Crippen LogP contribution in [0.5, 0.6) is 0 Å². The largest absolute Gasteiger partial charge is 0.468 e. The summed E-state index contributed by atoms with van der Waals surface area (Å²) in [5.74, 6) is -0.926. The molecule has 0 aliphatic heterocycles. The van der Waals surface area contributed by atoms with Crippen LogP contribution in [-0.4, -0.2) is 37.5 Å². The molecule has 2 N–H and O–H groups in total.